The van der Waals surface area contributed by atoms with Crippen LogP contribution >= 0.6 is 0 Å². The van der Waals surface area contributed by atoms with Crippen molar-refractivity contribution >= 4 is 27.5 Å². The largest absolute Gasteiger partial charge is 0.497 e. The predicted octanol–water partition coefficient (Wildman–Crippen LogP) is 4.45. The minimum atomic E-state index is -0.629. The standard InChI is InChI=1S/C20H17F2N3O2/c1-3-25-9-15-17(20(25)26)18(23)12-6-7-13(21)16(19(12)24-15)11-5-4-10(27-2)8-14(11)22/h4-9,26H,3,23H2,1-2H3. The normalized spacial score (nSPS) is 11.4. The molecule has 0 fully saturated rings. The number of nitrogen functional groups attached to an aromatic ring is 1. The van der Waals surface area contributed by atoms with Crippen LogP contribution in [0.1, 0.15) is 6.92 Å². The average molecular weight is 369 g/mol. The van der Waals surface area contributed by atoms with Crippen LogP contribution in [-0.2, 0) is 6.54 Å². The number of aryl methyl sites for hydroxylation is 1. The number of halogens is 2. The van der Waals surface area contributed by atoms with Gasteiger partial charge >= 0.3 is 0 Å². The third-order valence-corrected chi connectivity index (χ3v) is 4.74. The van der Waals surface area contributed by atoms with Crippen LogP contribution in [0.3, 0.4) is 0 Å². The van der Waals surface area contributed by atoms with Crippen molar-refractivity contribution in [3.8, 4) is 22.8 Å². The molecule has 0 bridgehead atoms. The van der Waals surface area contributed by atoms with E-state index in [0.717, 1.165) is 0 Å². The molecule has 0 aliphatic carbocycles. The maximum atomic E-state index is 14.7. The molecule has 0 saturated carbocycles. The van der Waals surface area contributed by atoms with Crippen molar-refractivity contribution in [3.05, 3.63) is 48.2 Å². The summed E-state index contributed by atoms with van der Waals surface area (Å²) >= 11 is 0. The minimum Gasteiger partial charge on any atom is -0.497 e. The number of anilines is 1. The summed E-state index contributed by atoms with van der Waals surface area (Å²) in [4.78, 5) is 4.49. The summed E-state index contributed by atoms with van der Waals surface area (Å²) in [6, 6.07) is 6.90. The molecule has 5 nitrogen and oxygen atoms in total. The highest BCUT2D eigenvalue weighted by Gasteiger charge is 2.21. The minimum absolute atomic E-state index is 0.000836. The Morgan fingerprint density at radius 2 is 1.96 bits per heavy atom. The summed E-state index contributed by atoms with van der Waals surface area (Å²) in [5, 5.41) is 11.2. The van der Waals surface area contributed by atoms with Crippen molar-refractivity contribution in [2.24, 2.45) is 0 Å². The lowest BCUT2D eigenvalue weighted by Crippen LogP contribution is -1.97. The Morgan fingerprint density at radius 1 is 1.19 bits per heavy atom. The topological polar surface area (TPSA) is 73.3 Å². The second-order valence-electron chi connectivity index (χ2n) is 6.19. The molecular formula is C20H17F2N3O2. The van der Waals surface area contributed by atoms with Gasteiger partial charge < -0.3 is 20.1 Å². The third-order valence-electron chi connectivity index (χ3n) is 4.74. The van der Waals surface area contributed by atoms with Crippen molar-refractivity contribution in [2.45, 2.75) is 13.5 Å². The Kier molecular flexibility index (Phi) is 3.87. The molecule has 4 aromatic rings. The highest BCUT2D eigenvalue weighted by atomic mass is 19.1. The Morgan fingerprint density at radius 3 is 2.63 bits per heavy atom. The van der Waals surface area contributed by atoms with Gasteiger partial charge in [0.15, 0.2) is 0 Å². The molecule has 2 aromatic heterocycles. The zero-order chi connectivity index (χ0) is 19.3. The van der Waals surface area contributed by atoms with Gasteiger partial charge in [0.2, 0.25) is 5.88 Å². The van der Waals surface area contributed by atoms with Gasteiger partial charge in [0.1, 0.15) is 17.4 Å². The summed E-state index contributed by atoms with van der Waals surface area (Å²) in [6.45, 7) is 2.39. The van der Waals surface area contributed by atoms with Crippen LogP contribution in [0, 0.1) is 11.6 Å². The van der Waals surface area contributed by atoms with Crippen LogP contribution in [0.2, 0.25) is 0 Å². The summed E-state index contributed by atoms with van der Waals surface area (Å²) in [5.74, 6) is -0.912. The van der Waals surface area contributed by atoms with E-state index < -0.39 is 11.6 Å². The number of hydrogen-bond donors (Lipinski definition) is 2. The molecule has 0 amide bonds. The summed E-state index contributed by atoms with van der Waals surface area (Å²) < 4.78 is 35.9. The third kappa shape index (κ3) is 2.46. The van der Waals surface area contributed by atoms with Crippen LogP contribution < -0.4 is 10.5 Å². The molecule has 0 aliphatic heterocycles. The van der Waals surface area contributed by atoms with E-state index in [1.165, 1.54) is 31.4 Å². The number of nitrogens with zero attached hydrogens (tertiary/aromatic N) is 2. The lowest BCUT2D eigenvalue weighted by Gasteiger charge is -2.12. The summed E-state index contributed by atoms with van der Waals surface area (Å²) in [5.41, 5.74) is 7.26. The van der Waals surface area contributed by atoms with Crippen molar-refractivity contribution in [1.82, 2.24) is 9.55 Å². The second kappa shape index (κ2) is 6.12. The first-order valence-electron chi connectivity index (χ1n) is 8.39. The number of aromatic nitrogens is 2. The maximum Gasteiger partial charge on any atom is 0.202 e. The molecule has 0 saturated heterocycles. The molecule has 3 N–H and O–H groups in total. The first kappa shape index (κ1) is 17.1. The van der Waals surface area contributed by atoms with E-state index in [9.17, 15) is 13.9 Å². The first-order valence-corrected chi connectivity index (χ1v) is 8.39. The van der Waals surface area contributed by atoms with Crippen molar-refractivity contribution in [1.29, 1.82) is 0 Å². The number of aromatic hydroxyl groups is 1. The fourth-order valence-electron chi connectivity index (χ4n) is 3.35. The molecule has 2 aromatic carbocycles. The van der Waals surface area contributed by atoms with E-state index in [1.807, 2.05) is 6.92 Å². The average Bonchev–Trinajstić information content (AvgIpc) is 2.98. The molecule has 7 heteroatoms. The molecule has 2 heterocycles. The van der Waals surface area contributed by atoms with Crippen LogP contribution in [0.4, 0.5) is 14.5 Å². The summed E-state index contributed by atoms with van der Waals surface area (Å²) in [6.07, 6.45) is 1.64. The first-order chi connectivity index (χ1) is 13.0. The van der Waals surface area contributed by atoms with Crippen LogP contribution in [0.25, 0.3) is 32.9 Å². The van der Waals surface area contributed by atoms with E-state index in [1.54, 1.807) is 16.8 Å². The number of hydrogen-bond acceptors (Lipinski definition) is 4. The molecule has 138 valence electrons. The van der Waals surface area contributed by atoms with Gasteiger partial charge in [-0.05, 0) is 31.2 Å². The Bertz CT molecular complexity index is 1200. The summed E-state index contributed by atoms with van der Waals surface area (Å²) in [7, 11) is 1.43. The van der Waals surface area contributed by atoms with Crippen LogP contribution in [0.15, 0.2) is 36.5 Å². The Hall–Kier alpha value is -3.35. The van der Waals surface area contributed by atoms with Crippen molar-refractivity contribution in [3.63, 3.8) is 0 Å². The van der Waals surface area contributed by atoms with Crippen molar-refractivity contribution < 1.29 is 18.6 Å². The highest BCUT2D eigenvalue weighted by Crippen LogP contribution is 2.40. The van der Waals surface area contributed by atoms with Crippen LogP contribution in [-0.4, -0.2) is 21.8 Å². The lowest BCUT2D eigenvalue weighted by molar-refractivity contribution is 0.411. The predicted molar refractivity (Wildman–Crippen MR) is 101 cm³/mol. The van der Waals surface area contributed by atoms with Gasteiger partial charge in [0.05, 0.1) is 29.2 Å². The van der Waals surface area contributed by atoms with Gasteiger partial charge in [0.25, 0.3) is 0 Å². The van der Waals surface area contributed by atoms with Gasteiger partial charge in [-0.2, -0.15) is 0 Å². The molecular weight excluding hydrogens is 352 g/mol. The smallest absolute Gasteiger partial charge is 0.202 e. The lowest BCUT2D eigenvalue weighted by atomic mass is 9.99. The van der Waals surface area contributed by atoms with E-state index in [0.29, 0.717) is 28.6 Å². The number of benzene rings is 2. The highest BCUT2D eigenvalue weighted by molar-refractivity contribution is 6.12. The quantitative estimate of drug-likeness (QED) is 0.560. The maximum absolute atomic E-state index is 14.7. The van der Waals surface area contributed by atoms with E-state index in [-0.39, 0.29) is 28.2 Å². The SMILES string of the molecule is CCn1cc2nc3c(-c4ccc(OC)cc4F)c(F)ccc3c(N)c2c1O. The number of rotatable bonds is 3. The molecule has 0 unspecified atom stereocenters. The molecule has 27 heavy (non-hydrogen) atoms. The van der Waals surface area contributed by atoms with Gasteiger partial charge in [-0.1, -0.05) is 0 Å². The Balaban J connectivity index is 2.11. The second-order valence-corrected chi connectivity index (χ2v) is 6.19. The van der Waals surface area contributed by atoms with E-state index in [4.69, 9.17) is 10.5 Å². The van der Waals surface area contributed by atoms with Gasteiger partial charge in [-0.15, -0.1) is 0 Å². The van der Waals surface area contributed by atoms with Crippen molar-refractivity contribution in [2.75, 3.05) is 12.8 Å². The fraction of sp³-hybridized carbons (Fsp3) is 0.150. The van der Waals surface area contributed by atoms with Crippen LogP contribution in [0.5, 0.6) is 11.6 Å². The molecule has 0 spiro atoms. The zero-order valence-corrected chi connectivity index (χ0v) is 14.8. The van der Waals surface area contributed by atoms with Gasteiger partial charge in [-0.25, -0.2) is 13.8 Å². The number of nitrogens with two attached hydrogens (primary N) is 1. The molecule has 0 radical (unpaired) electrons. The molecule has 0 aliphatic rings. The van der Waals surface area contributed by atoms with E-state index >= 15 is 0 Å². The number of methoxy groups -OCH3 is 1. The number of pyridine rings is 1. The fourth-order valence-corrected chi connectivity index (χ4v) is 3.35. The monoisotopic (exact) mass is 369 g/mol. The number of ether oxygens (including phenoxy) is 1. The Labute approximate surface area is 153 Å². The van der Waals surface area contributed by atoms with Gasteiger partial charge in [-0.3, -0.25) is 0 Å². The molecule has 0 atom stereocenters. The number of fused-ring (bicyclic) bond motifs is 2. The zero-order valence-electron chi connectivity index (χ0n) is 14.8. The van der Waals surface area contributed by atoms with E-state index in [2.05, 4.69) is 4.98 Å². The van der Waals surface area contributed by atoms with Gasteiger partial charge in [0, 0.05) is 35.3 Å². The molecule has 4 rings (SSSR count).